The van der Waals surface area contributed by atoms with E-state index in [0.717, 1.165) is 15.4 Å². The van der Waals surface area contributed by atoms with Gasteiger partial charge in [0.15, 0.2) is 0 Å². The number of nitrogens with zero attached hydrogens (tertiary/aromatic N) is 1. The van der Waals surface area contributed by atoms with E-state index >= 15 is 0 Å². The summed E-state index contributed by atoms with van der Waals surface area (Å²) in [6, 6.07) is 17.3. The van der Waals surface area contributed by atoms with Gasteiger partial charge in [-0.3, -0.25) is 15.0 Å². The van der Waals surface area contributed by atoms with Gasteiger partial charge in [-0.25, -0.2) is 4.79 Å². The molecule has 0 spiro atoms. The largest absolute Gasteiger partial charge is 0.442 e. The highest BCUT2D eigenvalue weighted by Crippen LogP contribution is 2.27. The third-order valence-corrected chi connectivity index (χ3v) is 4.95. The highest BCUT2D eigenvalue weighted by atomic mass is 32.1. The van der Waals surface area contributed by atoms with Crippen LogP contribution in [-0.2, 0) is 4.74 Å². The SMILES string of the molecule is CC(C)(C)OC(=O)N(NC(=O)c1ccc(C=O)cc1)c1ccc(-c2cccs2)cc1. The predicted octanol–water partition coefficient (Wildman–Crippen LogP) is 5.31. The first-order chi connectivity index (χ1) is 14.3. The van der Waals surface area contributed by atoms with Crippen molar-refractivity contribution in [2.24, 2.45) is 0 Å². The number of hydrazine groups is 1. The molecule has 1 N–H and O–H groups in total. The van der Waals surface area contributed by atoms with Gasteiger partial charge in [-0.15, -0.1) is 11.3 Å². The first-order valence-electron chi connectivity index (χ1n) is 9.30. The predicted molar refractivity (Wildman–Crippen MR) is 118 cm³/mol. The molecule has 154 valence electrons. The minimum absolute atomic E-state index is 0.310. The summed E-state index contributed by atoms with van der Waals surface area (Å²) in [5.41, 5.74) is 4.10. The monoisotopic (exact) mass is 422 g/mol. The summed E-state index contributed by atoms with van der Waals surface area (Å²) < 4.78 is 5.46. The molecule has 6 nitrogen and oxygen atoms in total. The molecule has 0 saturated carbocycles. The molecule has 0 aliphatic carbocycles. The van der Waals surface area contributed by atoms with Gasteiger partial charge in [-0.1, -0.05) is 30.3 Å². The Kier molecular flexibility index (Phi) is 6.32. The number of amides is 2. The average molecular weight is 423 g/mol. The van der Waals surface area contributed by atoms with E-state index in [-0.39, 0.29) is 0 Å². The van der Waals surface area contributed by atoms with Crippen molar-refractivity contribution in [3.8, 4) is 10.4 Å². The van der Waals surface area contributed by atoms with E-state index in [4.69, 9.17) is 4.74 Å². The van der Waals surface area contributed by atoms with E-state index in [9.17, 15) is 14.4 Å². The van der Waals surface area contributed by atoms with Gasteiger partial charge in [-0.05, 0) is 62.0 Å². The van der Waals surface area contributed by atoms with E-state index in [2.05, 4.69) is 5.43 Å². The number of rotatable bonds is 4. The Bertz CT molecular complexity index is 1020. The van der Waals surface area contributed by atoms with E-state index < -0.39 is 17.6 Å². The van der Waals surface area contributed by atoms with Crippen LogP contribution < -0.4 is 10.4 Å². The smallest absolute Gasteiger partial charge is 0.434 e. The molecule has 7 heteroatoms. The lowest BCUT2D eigenvalue weighted by atomic mass is 10.1. The second kappa shape index (κ2) is 8.92. The van der Waals surface area contributed by atoms with Crippen molar-refractivity contribution >= 4 is 35.3 Å². The molecule has 0 aliphatic heterocycles. The van der Waals surface area contributed by atoms with Crippen molar-refractivity contribution in [1.29, 1.82) is 0 Å². The summed E-state index contributed by atoms with van der Waals surface area (Å²) in [6.45, 7) is 5.26. The number of ether oxygens (including phenoxy) is 1. The molecular formula is C23H22N2O4S. The van der Waals surface area contributed by atoms with E-state index in [1.54, 1.807) is 44.2 Å². The quantitative estimate of drug-likeness (QED) is 0.456. The minimum Gasteiger partial charge on any atom is -0.442 e. The van der Waals surface area contributed by atoms with Crippen LogP contribution in [0.25, 0.3) is 10.4 Å². The van der Waals surface area contributed by atoms with E-state index in [0.29, 0.717) is 23.1 Å². The molecule has 0 atom stereocenters. The molecule has 0 aliphatic rings. The maximum Gasteiger partial charge on any atom is 0.434 e. The molecule has 0 radical (unpaired) electrons. The van der Waals surface area contributed by atoms with Gasteiger partial charge in [-0.2, -0.15) is 5.01 Å². The lowest BCUT2D eigenvalue weighted by molar-refractivity contribution is 0.0548. The lowest BCUT2D eigenvalue weighted by Gasteiger charge is -2.27. The van der Waals surface area contributed by atoms with Crippen LogP contribution in [0.1, 0.15) is 41.5 Å². The van der Waals surface area contributed by atoms with Crippen molar-refractivity contribution in [3.63, 3.8) is 0 Å². The molecule has 1 aromatic heterocycles. The van der Waals surface area contributed by atoms with Gasteiger partial charge in [0.1, 0.15) is 11.9 Å². The van der Waals surface area contributed by atoms with Gasteiger partial charge < -0.3 is 4.74 Å². The summed E-state index contributed by atoms with van der Waals surface area (Å²) in [5.74, 6) is -0.499. The van der Waals surface area contributed by atoms with Gasteiger partial charge >= 0.3 is 6.09 Å². The van der Waals surface area contributed by atoms with Crippen LogP contribution in [0, 0.1) is 0 Å². The van der Waals surface area contributed by atoms with E-state index in [1.165, 1.54) is 24.3 Å². The zero-order chi connectivity index (χ0) is 21.7. The highest BCUT2D eigenvalue weighted by Gasteiger charge is 2.25. The zero-order valence-corrected chi connectivity index (χ0v) is 17.7. The lowest BCUT2D eigenvalue weighted by Crippen LogP contribution is -2.48. The summed E-state index contributed by atoms with van der Waals surface area (Å²) in [6.07, 6.45) is -0.00616. The number of benzene rings is 2. The Morgan fingerprint density at radius 1 is 1.00 bits per heavy atom. The Hall–Kier alpha value is -3.45. The van der Waals surface area contributed by atoms with Crippen molar-refractivity contribution in [1.82, 2.24) is 5.43 Å². The summed E-state index contributed by atoms with van der Waals surface area (Å²) in [7, 11) is 0. The van der Waals surface area contributed by atoms with Crippen LogP contribution in [0.5, 0.6) is 0 Å². The van der Waals surface area contributed by atoms with Crippen molar-refractivity contribution in [2.45, 2.75) is 26.4 Å². The number of hydrogen-bond donors (Lipinski definition) is 1. The Labute approximate surface area is 179 Å². The third-order valence-electron chi connectivity index (χ3n) is 4.03. The fourth-order valence-electron chi connectivity index (χ4n) is 2.62. The number of nitrogens with one attached hydrogen (secondary N) is 1. The number of anilines is 1. The molecule has 2 amide bonds. The maximum atomic E-state index is 12.8. The fraction of sp³-hybridized carbons (Fsp3) is 0.174. The van der Waals surface area contributed by atoms with Crippen LogP contribution in [-0.4, -0.2) is 23.9 Å². The second-order valence-corrected chi connectivity index (χ2v) is 8.47. The first kappa shape index (κ1) is 21.3. The van der Waals surface area contributed by atoms with Gasteiger partial charge in [0.2, 0.25) is 0 Å². The normalized spacial score (nSPS) is 10.9. The van der Waals surface area contributed by atoms with Gasteiger partial charge in [0.25, 0.3) is 5.91 Å². The summed E-state index contributed by atoms with van der Waals surface area (Å²) in [5, 5.41) is 3.08. The van der Waals surface area contributed by atoms with Gasteiger partial charge in [0, 0.05) is 16.0 Å². The van der Waals surface area contributed by atoms with Crippen LogP contribution in [0.2, 0.25) is 0 Å². The number of carbonyl (C=O) groups excluding carboxylic acids is 3. The fourth-order valence-corrected chi connectivity index (χ4v) is 3.35. The third kappa shape index (κ3) is 5.33. The molecule has 0 saturated heterocycles. The number of thiophene rings is 1. The number of aldehydes is 1. The first-order valence-corrected chi connectivity index (χ1v) is 10.2. The van der Waals surface area contributed by atoms with Crippen LogP contribution >= 0.6 is 11.3 Å². The van der Waals surface area contributed by atoms with Crippen molar-refractivity contribution in [3.05, 3.63) is 77.2 Å². The van der Waals surface area contributed by atoms with E-state index in [1.807, 2.05) is 29.6 Å². The Morgan fingerprint density at radius 2 is 1.67 bits per heavy atom. The maximum absolute atomic E-state index is 12.8. The summed E-state index contributed by atoms with van der Waals surface area (Å²) in [4.78, 5) is 37.4. The molecule has 0 unspecified atom stereocenters. The molecule has 0 bridgehead atoms. The van der Waals surface area contributed by atoms with Crippen molar-refractivity contribution in [2.75, 3.05) is 5.01 Å². The van der Waals surface area contributed by atoms with Crippen LogP contribution in [0.3, 0.4) is 0 Å². The Morgan fingerprint density at radius 3 is 2.20 bits per heavy atom. The zero-order valence-electron chi connectivity index (χ0n) is 16.9. The molecule has 1 heterocycles. The number of hydrogen-bond acceptors (Lipinski definition) is 5. The van der Waals surface area contributed by atoms with Gasteiger partial charge in [0.05, 0.1) is 5.69 Å². The molecule has 0 fully saturated rings. The minimum atomic E-state index is -0.734. The van der Waals surface area contributed by atoms with Crippen LogP contribution in [0.15, 0.2) is 66.0 Å². The molecule has 2 aromatic carbocycles. The van der Waals surface area contributed by atoms with Crippen LogP contribution in [0.4, 0.5) is 10.5 Å². The molecule has 3 rings (SSSR count). The molecule has 30 heavy (non-hydrogen) atoms. The Balaban J connectivity index is 1.86. The summed E-state index contributed by atoms with van der Waals surface area (Å²) >= 11 is 1.62. The topological polar surface area (TPSA) is 75.7 Å². The standard InChI is InChI=1S/C23H22N2O4S/c1-23(2,3)29-22(28)25(24-21(27)18-8-6-16(15-26)7-9-18)19-12-10-17(11-13-19)20-5-4-14-30-20/h4-15H,1-3H3,(H,24,27). The average Bonchev–Trinajstić information content (AvgIpc) is 3.25. The molecule has 3 aromatic rings. The highest BCUT2D eigenvalue weighted by molar-refractivity contribution is 7.13. The molecular weight excluding hydrogens is 400 g/mol. The number of carbonyl (C=O) groups is 3. The second-order valence-electron chi connectivity index (χ2n) is 7.52. The van der Waals surface area contributed by atoms with Crippen molar-refractivity contribution < 1.29 is 19.1 Å².